The maximum absolute atomic E-state index is 13.1. The minimum Gasteiger partial charge on any atom is -0.505 e. The molecule has 0 unspecified atom stereocenters. The van der Waals surface area contributed by atoms with Crippen LogP contribution in [-0.2, 0) is 30.4 Å². The molecule has 0 spiro atoms. The Morgan fingerprint density at radius 3 is 1.73 bits per heavy atom. The Labute approximate surface area is 444 Å². The van der Waals surface area contributed by atoms with Crippen LogP contribution in [0.5, 0.6) is 11.5 Å². The lowest BCUT2D eigenvalue weighted by molar-refractivity contribution is 0.102. The average Bonchev–Trinajstić information content (AvgIpc) is 3.38. The minimum atomic E-state index is -5.13. The molecule has 0 atom stereocenters. The molecule has 8 aromatic carbocycles. The van der Waals surface area contributed by atoms with E-state index >= 15 is 0 Å². The molecule has 0 radical (unpaired) electrons. The third-order valence-corrected chi connectivity index (χ3v) is 14.6. The number of aryl methyl sites for hydroxylation is 4. The van der Waals surface area contributed by atoms with Crippen molar-refractivity contribution in [3.05, 3.63) is 161 Å². The number of hydrogen-bond donors (Lipinski definition) is 9. The number of nitrogens with zero attached hydrogens (tertiary/aromatic N) is 7. The molecule has 9 N–H and O–H groups in total. The molecule has 0 aliphatic carbocycles. The number of anilines is 7. The van der Waals surface area contributed by atoms with E-state index in [1.54, 1.807) is 80.6 Å². The summed E-state index contributed by atoms with van der Waals surface area (Å²) < 4.78 is 106. The maximum Gasteiger partial charge on any atom is 0.297 e. The second-order valence-electron chi connectivity index (χ2n) is 17.6. The van der Waals surface area contributed by atoms with Gasteiger partial charge in [-0.1, -0.05) is 36.4 Å². The van der Waals surface area contributed by atoms with E-state index in [0.717, 1.165) is 23.8 Å². The van der Waals surface area contributed by atoms with Crippen LogP contribution in [0.2, 0.25) is 0 Å². The zero-order valence-corrected chi connectivity index (χ0v) is 43.6. The van der Waals surface area contributed by atoms with Crippen LogP contribution >= 0.6 is 0 Å². The summed E-state index contributed by atoms with van der Waals surface area (Å²) in [4.78, 5) is 24.2. The van der Waals surface area contributed by atoms with E-state index < -0.39 is 56.5 Å². The number of benzene rings is 8. The zero-order chi connectivity index (χ0) is 55.8. The van der Waals surface area contributed by atoms with E-state index in [1.165, 1.54) is 43.3 Å². The summed E-state index contributed by atoms with van der Waals surface area (Å²) in [6.45, 7) is 6.59. The number of nitrogens with one attached hydrogen (secondary N) is 4. The van der Waals surface area contributed by atoms with E-state index in [2.05, 4.69) is 56.7 Å². The van der Waals surface area contributed by atoms with Crippen molar-refractivity contribution >= 4 is 121 Å². The standard InChI is InChI=1S/C52H43N11O12S3/c1-27-9-8-12-33(21-27)54-50-57-51(59-52(58-50)56-41-26-36(76(67,68)69)16-13-28(41)2)55-35-15-20-43(77(70,71)72)42(25-35)61-63-45-30(4)23-39-38(47(45)65)18-19-40(48(39)78(73,74)75)60-62-44-29(3)22-32-24-34(14-17-37(32)46(44)64)53-49(66)31-10-6-5-7-11-31/h5-26,64-65H,1-4H3,(H,53,66)(H,67,68,69)(H,70,71,72)(H,73,74,75)(H3,54,55,56,57,58,59). The molecule has 0 bridgehead atoms. The molecule has 78 heavy (non-hydrogen) atoms. The first kappa shape index (κ1) is 53.5. The molecular formula is C52H43N11O12S3. The fourth-order valence-electron chi connectivity index (χ4n) is 8.16. The molecule has 1 aromatic heterocycles. The number of aromatic hydroxyl groups is 2. The van der Waals surface area contributed by atoms with E-state index in [1.807, 2.05) is 19.1 Å². The van der Waals surface area contributed by atoms with Gasteiger partial charge < -0.3 is 31.5 Å². The monoisotopic (exact) mass is 1110 g/mol. The first-order chi connectivity index (χ1) is 36.9. The molecular weight excluding hydrogens is 1070 g/mol. The lowest BCUT2D eigenvalue weighted by Crippen LogP contribution is -2.11. The predicted molar refractivity (Wildman–Crippen MR) is 291 cm³/mol. The van der Waals surface area contributed by atoms with Crippen LogP contribution < -0.4 is 21.3 Å². The van der Waals surface area contributed by atoms with Crippen molar-refractivity contribution in [3.63, 3.8) is 0 Å². The first-order valence-corrected chi connectivity index (χ1v) is 27.3. The van der Waals surface area contributed by atoms with Gasteiger partial charge in [0, 0.05) is 44.5 Å². The predicted octanol–water partition coefficient (Wildman–Crippen LogP) is 11.9. The van der Waals surface area contributed by atoms with Crippen LogP contribution in [0, 0.1) is 27.7 Å². The van der Waals surface area contributed by atoms with Crippen molar-refractivity contribution in [1.29, 1.82) is 0 Å². The summed E-state index contributed by atoms with van der Waals surface area (Å²) in [5, 5.41) is 51.7. The van der Waals surface area contributed by atoms with Crippen LogP contribution in [0.3, 0.4) is 0 Å². The van der Waals surface area contributed by atoms with Crippen molar-refractivity contribution in [2.24, 2.45) is 20.5 Å². The van der Waals surface area contributed by atoms with Gasteiger partial charge in [0.25, 0.3) is 36.3 Å². The summed E-state index contributed by atoms with van der Waals surface area (Å²) in [7, 11) is -14.7. The Kier molecular flexibility index (Phi) is 14.4. The molecule has 396 valence electrons. The van der Waals surface area contributed by atoms with Gasteiger partial charge in [0.05, 0.1) is 4.90 Å². The highest BCUT2D eigenvalue weighted by molar-refractivity contribution is 7.86. The quantitative estimate of drug-likeness (QED) is 0.0340. The van der Waals surface area contributed by atoms with Gasteiger partial charge in [-0.15, -0.1) is 20.5 Å². The Bertz CT molecular complexity index is 4360. The summed E-state index contributed by atoms with van der Waals surface area (Å²) >= 11 is 0. The molecule has 0 saturated carbocycles. The Balaban J connectivity index is 1.04. The van der Waals surface area contributed by atoms with Gasteiger partial charge in [-0.3, -0.25) is 18.5 Å². The number of rotatable bonds is 15. The third-order valence-electron chi connectivity index (χ3n) is 11.9. The summed E-state index contributed by atoms with van der Waals surface area (Å²) in [6.07, 6.45) is 0. The second-order valence-corrected chi connectivity index (χ2v) is 21.8. The third kappa shape index (κ3) is 11.7. The number of aromatic nitrogens is 3. The lowest BCUT2D eigenvalue weighted by Gasteiger charge is -2.14. The number of amides is 1. The highest BCUT2D eigenvalue weighted by Crippen LogP contribution is 2.45. The number of phenolic OH excluding ortho intramolecular Hbond substituents is 2. The normalized spacial score (nSPS) is 12.1. The van der Waals surface area contributed by atoms with Gasteiger partial charge in [0.15, 0.2) is 11.5 Å². The minimum absolute atomic E-state index is 0.00386. The van der Waals surface area contributed by atoms with E-state index in [-0.39, 0.29) is 74.3 Å². The molecule has 9 aromatic rings. The topological polar surface area (TPSA) is 357 Å². The zero-order valence-electron chi connectivity index (χ0n) is 41.2. The smallest absolute Gasteiger partial charge is 0.297 e. The highest BCUT2D eigenvalue weighted by Gasteiger charge is 2.25. The summed E-state index contributed by atoms with van der Waals surface area (Å²) in [6, 6.07) is 33.3. The van der Waals surface area contributed by atoms with E-state index in [4.69, 9.17) is 0 Å². The number of carbonyl (C=O) groups excluding carboxylic acids is 1. The molecule has 0 fully saturated rings. The van der Waals surface area contributed by atoms with Gasteiger partial charge in [0.2, 0.25) is 17.8 Å². The Hall–Kier alpha value is -9.31. The van der Waals surface area contributed by atoms with E-state index in [0.29, 0.717) is 38.8 Å². The molecule has 23 nitrogen and oxygen atoms in total. The first-order valence-electron chi connectivity index (χ1n) is 23.0. The van der Waals surface area contributed by atoms with Gasteiger partial charge in [0.1, 0.15) is 32.5 Å². The fraction of sp³-hybridized carbons (Fsp3) is 0.0769. The van der Waals surface area contributed by atoms with Gasteiger partial charge in [-0.25, -0.2) is 0 Å². The number of fused-ring (bicyclic) bond motifs is 2. The Morgan fingerprint density at radius 1 is 0.487 bits per heavy atom. The number of carbonyl (C=O) groups is 1. The van der Waals surface area contributed by atoms with Crippen molar-refractivity contribution < 1.29 is 53.9 Å². The van der Waals surface area contributed by atoms with E-state index in [9.17, 15) is 53.9 Å². The summed E-state index contributed by atoms with van der Waals surface area (Å²) in [5.74, 6) is -1.55. The Morgan fingerprint density at radius 2 is 1.09 bits per heavy atom. The SMILES string of the molecule is Cc1cccc(Nc2nc(Nc3ccc(S(=O)(=O)O)c(N=Nc4c(C)cc5c(S(=O)(=O)O)c(N=Nc6c(C)cc7cc(NC(=O)c8ccccc8)ccc7c6O)ccc5c4O)c3)nc(Nc3cc(S(=O)(=O)O)ccc3C)n2)c1. The van der Waals surface area contributed by atoms with Crippen molar-refractivity contribution in [1.82, 2.24) is 15.0 Å². The largest absolute Gasteiger partial charge is 0.505 e. The van der Waals surface area contributed by atoms with Crippen LogP contribution in [0.1, 0.15) is 32.6 Å². The van der Waals surface area contributed by atoms with Crippen molar-refractivity contribution in [2.45, 2.75) is 42.4 Å². The van der Waals surface area contributed by atoms with Crippen molar-refractivity contribution in [3.8, 4) is 11.5 Å². The number of hydrogen-bond acceptors (Lipinski definition) is 19. The second kappa shape index (κ2) is 21.0. The molecule has 26 heteroatoms. The maximum atomic E-state index is 13.1. The number of azo groups is 2. The highest BCUT2D eigenvalue weighted by atomic mass is 32.2. The summed E-state index contributed by atoms with van der Waals surface area (Å²) in [5.41, 5.74) is 2.62. The molecule has 9 rings (SSSR count). The lowest BCUT2D eigenvalue weighted by atomic mass is 10.0. The van der Waals surface area contributed by atoms with Crippen LogP contribution in [0.4, 0.5) is 63.3 Å². The van der Waals surface area contributed by atoms with Crippen molar-refractivity contribution in [2.75, 3.05) is 21.3 Å². The van der Waals surface area contributed by atoms with Gasteiger partial charge >= 0.3 is 0 Å². The fourth-order valence-corrected chi connectivity index (χ4v) is 10.1. The average molecular weight is 1110 g/mol. The number of phenols is 2. The molecule has 0 saturated heterocycles. The van der Waals surface area contributed by atoms with Crippen LogP contribution in [-0.4, -0.2) is 70.0 Å². The molecule has 0 aliphatic rings. The molecule has 1 amide bonds. The van der Waals surface area contributed by atoms with Gasteiger partial charge in [-0.2, -0.15) is 40.2 Å². The van der Waals surface area contributed by atoms with Crippen LogP contribution in [0.25, 0.3) is 21.5 Å². The van der Waals surface area contributed by atoms with Crippen LogP contribution in [0.15, 0.2) is 169 Å². The van der Waals surface area contributed by atoms with Gasteiger partial charge in [-0.05, 0) is 152 Å². The molecule has 1 heterocycles. The molecule has 0 aliphatic heterocycles.